The van der Waals surface area contributed by atoms with Crippen LogP contribution in [0.5, 0.6) is 0 Å². The highest BCUT2D eigenvalue weighted by molar-refractivity contribution is 7.99. The first-order valence-electron chi connectivity index (χ1n) is 6.77. The first kappa shape index (κ1) is 14.7. The van der Waals surface area contributed by atoms with Crippen molar-refractivity contribution in [1.82, 2.24) is 10.6 Å². The van der Waals surface area contributed by atoms with E-state index in [1.165, 1.54) is 6.42 Å². The van der Waals surface area contributed by atoms with Crippen LogP contribution in [0, 0.1) is 11.3 Å². The lowest BCUT2D eigenvalue weighted by molar-refractivity contribution is 0.236. The lowest BCUT2D eigenvalue weighted by Crippen LogP contribution is -2.40. The van der Waals surface area contributed by atoms with Gasteiger partial charge in [-0.1, -0.05) is 12.1 Å². The van der Waals surface area contributed by atoms with Crippen molar-refractivity contribution in [3.63, 3.8) is 0 Å². The molecule has 2 amide bonds. The zero-order valence-corrected chi connectivity index (χ0v) is 12.4. The topological polar surface area (TPSA) is 64.9 Å². The van der Waals surface area contributed by atoms with Crippen LogP contribution in [0.4, 0.5) is 4.79 Å². The van der Waals surface area contributed by atoms with Gasteiger partial charge in [-0.05, 0) is 43.2 Å². The standard InChI is InChI=1S/C15H19N3OS/c1-20-14-6-5-13(8-14)18-15(19)17-10-12-4-2-3-11(7-12)9-16/h2-4,7,13-14H,5-6,8,10H2,1H3,(H2,17,18,19)/t13-,14+/m0/s1. The summed E-state index contributed by atoms with van der Waals surface area (Å²) in [6.07, 6.45) is 5.41. The Labute approximate surface area is 123 Å². The van der Waals surface area contributed by atoms with Gasteiger partial charge in [0.1, 0.15) is 0 Å². The highest BCUT2D eigenvalue weighted by Crippen LogP contribution is 2.27. The molecule has 5 heteroatoms. The third kappa shape index (κ3) is 4.17. The molecule has 1 aliphatic rings. The third-order valence-electron chi connectivity index (χ3n) is 3.56. The van der Waals surface area contributed by atoms with Crippen LogP contribution in [0.15, 0.2) is 24.3 Å². The summed E-state index contributed by atoms with van der Waals surface area (Å²) in [6, 6.07) is 9.53. The number of hydrogen-bond acceptors (Lipinski definition) is 3. The van der Waals surface area contributed by atoms with Crippen molar-refractivity contribution in [3.8, 4) is 6.07 Å². The smallest absolute Gasteiger partial charge is 0.315 e. The van der Waals surface area contributed by atoms with Crippen molar-refractivity contribution in [1.29, 1.82) is 5.26 Å². The molecule has 0 bridgehead atoms. The minimum absolute atomic E-state index is 0.126. The van der Waals surface area contributed by atoms with Crippen molar-refractivity contribution in [2.45, 2.75) is 37.1 Å². The fourth-order valence-corrected chi connectivity index (χ4v) is 3.25. The zero-order chi connectivity index (χ0) is 14.4. The summed E-state index contributed by atoms with van der Waals surface area (Å²) in [7, 11) is 0. The number of nitrogens with zero attached hydrogens (tertiary/aromatic N) is 1. The predicted octanol–water partition coefficient (Wildman–Crippen LogP) is 2.64. The second-order valence-electron chi connectivity index (χ2n) is 5.01. The van der Waals surface area contributed by atoms with E-state index in [0.717, 1.165) is 18.4 Å². The number of nitrogens with one attached hydrogen (secondary N) is 2. The number of carbonyl (C=O) groups is 1. The minimum atomic E-state index is -0.126. The van der Waals surface area contributed by atoms with Crippen molar-refractivity contribution < 1.29 is 4.79 Å². The molecule has 4 nitrogen and oxygen atoms in total. The molecule has 0 aliphatic heterocycles. The number of amides is 2. The van der Waals surface area contributed by atoms with Crippen LogP contribution in [0.25, 0.3) is 0 Å². The van der Waals surface area contributed by atoms with Gasteiger partial charge in [-0.2, -0.15) is 17.0 Å². The van der Waals surface area contributed by atoms with Crippen molar-refractivity contribution in [3.05, 3.63) is 35.4 Å². The van der Waals surface area contributed by atoms with Crippen LogP contribution in [-0.2, 0) is 6.54 Å². The highest BCUT2D eigenvalue weighted by atomic mass is 32.2. The monoisotopic (exact) mass is 289 g/mol. The maximum absolute atomic E-state index is 11.8. The van der Waals surface area contributed by atoms with Gasteiger partial charge in [0, 0.05) is 17.8 Å². The van der Waals surface area contributed by atoms with Gasteiger partial charge in [0.25, 0.3) is 0 Å². The molecule has 1 fully saturated rings. The number of hydrogen-bond donors (Lipinski definition) is 2. The van der Waals surface area contributed by atoms with E-state index in [-0.39, 0.29) is 12.1 Å². The Morgan fingerprint density at radius 3 is 3.05 bits per heavy atom. The maximum Gasteiger partial charge on any atom is 0.315 e. The second kappa shape index (κ2) is 7.20. The van der Waals surface area contributed by atoms with E-state index in [1.807, 2.05) is 23.9 Å². The van der Waals surface area contributed by atoms with Gasteiger partial charge in [0.05, 0.1) is 11.6 Å². The fourth-order valence-electron chi connectivity index (χ4n) is 2.45. The van der Waals surface area contributed by atoms with E-state index in [0.29, 0.717) is 17.4 Å². The van der Waals surface area contributed by atoms with Gasteiger partial charge in [-0.3, -0.25) is 0 Å². The van der Waals surface area contributed by atoms with Gasteiger partial charge in [-0.15, -0.1) is 0 Å². The molecule has 2 N–H and O–H groups in total. The van der Waals surface area contributed by atoms with Crippen LogP contribution < -0.4 is 10.6 Å². The summed E-state index contributed by atoms with van der Waals surface area (Å²) in [5, 5.41) is 15.4. The number of nitriles is 1. The Hall–Kier alpha value is -1.67. The normalized spacial score (nSPS) is 21.2. The molecule has 0 unspecified atom stereocenters. The minimum Gasteiger partial charge on any atom is -0.335 e. The first-order valence-corrected chi connectivity index (χ1v) is 8.06. The van der Waals surface area contributed by atoms with Crippen molar-refractivity contribution in [2.24, 2.45) is 0 Å². The molecule has 0 radical (unpaired) electrons. The fraction of sp³-hybridized carbons (Fsp3) is 0.467. The third-order valence-corrected chi connectivity index (χ3v) is 4.66. The Balaban J connectivity index is 1.76. The van der Waals surface area contributed by atoms with Gasteiger partial charge in [0.2, 0.25) is 0 Å². The quantitative estimate of drug-likeness (QED) is 0.895. The van der Waals surface area contributed by atoms with Crippen LogP contribution in [0.1, 0.15) is 30.4 Å². The molecular weight excluding hydrogens is 270 g/mol. The molecular formula is C15H19N3OS. The van der Waals surface area contributed by atoms with E-state index in [2.05, 4.69) is 23.0 Å². The average molecular weight is 289 g/mol. The number of thioether (sulfide) groups is 1. The predicted molar refractivity (Wildman–Crippen MR) is 81.5 cm³/mol. The van der Waals surface area contributed by atoms with E-state index < -0.39 is 0 Å². The molecule has 1 saturated carbocycles. The first-order chi connectivity index (χ1) is 9.71. The lowest BCUT2D eigenvalue weighted by Gasteiger charge is -2.13. The molecule has 0 spiro atoms. The second-order valence-corrected chi connectivity index (χ2v) is 6.14. The summed E-state index contributed by atoms with van der Waals surface area (Å²) < 4.78 is 0. The Morgan fingerprint density at radius 2 is 2.35 bits per heavy atom. The summed E-state index contributed by atoms with van der Waals surface area (Å²) in [6.45, 7) is 0.444. The molecule has 1 aliphatic carbocycles. The van der Waals surface area contributed by atoms with Crippen LogP contribution in [-0.4, -0.2) is 23.6 Å². The lowest BCUT2D eigenvalue weighted by atomic mass is 10.1. The highest BCUT2D eigenvalue weighted by Gasteiger charge is 2.24. The molecule has 2 rings (SSSR count). The number of urea groups is 1. The van der Waals surface area contributed by atoms with Gasteiger partial charge >= 0.3 is 6.03 Å². The average Bonchev–Trinajstić information content (AvgIpc) is 2.93. The van der Waals surface area contributed by atoms with E-state index in [1.54, 1.807) is 12.1 Å². The van der Waals surface area contributed by atoms with E-state index in [9.17, 15) is 4.79 Å². The SMILES string of the molecule is CS[C@@H]1CC[C@H](NC(=O)NCc2cccc(C#N)c2)C1. The van der Waals surface area contributed by atoms with Gasteiger partial charge in [0.15, 0.2) is 0 Å². The van der Waals surface area contributed by atoms with Crippen molar-refractivity contribution in [2.75, 3.05) is 6.26 Å². The molecule has 0 aromatic heterocycles. The van der Waals surface area contributed by atoms with Gasteiger partial charge in [-0.25, -0.2) is 4.79 Å². The summed E-state index contributed by atoms with van der Waals surface area (Å²) in [4.78, 5) is 11.8. The largest absolute Gasteiger partial charge is 0.335 e. The number of benzene rings is 1. The van der Waals surface area contributed by atoms with Crippen LogP contribution >= 0.6 is 11.8 Å². The maximum atomic E-state index is 11.8. The van der Waals surface area contributed by atoms with E-state index in [4.69, 9.17) is 5.26 Å². The number of carbonyl (C=O) groups excluding carboxylic acids is 1. The zero-order valence-electron chi connectivity index (χ0n) is 11.6. The van der Waals surface area contributed by atoms with Crippen LogP contribution in [0.3, 0.4) is 0 Å². The number of rotatable bonds is 4. The Kier molecular flexibility index (Phi) is 5.31. The molecule has 20 heavy (non-hydrogen) atoms. The van der Waals surface area contributed by atoms with Crippen molar-refractivity contribution >= 4 is 17.8 Å². The molecule has 1 aromatic carbocycles. The molecule has 1 aromatic rings. The summed E-state index contributed by atoms with van der Waals surface area (Å²) >= 11 is 1.88. The Morgan fingerprint density at radius 1 is 1.50 bits per heavy atom. The molecule has 2 atom stereocenters. The summed E-state index contributed by atoms with van der Waals surface area (Å²) in [5.41, 5.74) is 1.55. The molecule has 106 valence electrons. The van der Waals surface area contributed by atoms with Gasteiger partial charge < -0.3 is 10.6 Å². The molecule has 0 saturated heterocycles. The van der Waals surface area contributed by atoms with E-state index >= 15 is 0 Å². The Bertz CT molecular complexity index is 512. The summed E-state index contributed by atoms with van der Waals surface area (Å²) in [5.74, 6) is 0. The molecule has 0 heterocycles. The van der Waals surface area contributed by atoms with Crippen LogP contribution in [0.2, 0.25) is 0 Å².